The molecule has 4 rings (SSSR count). The molecule has 1 aliphatic carbocycles. The van der Waals surface area contributed by atoms with Crippen molar-refractivity contribution in [3.63, 3.8) is 0 Å². The van der Waals surface area contributed by atoms with Gasteiger partial charge in [-0.05, 0) is 42.0 Å². The molecule has 0 saturated heterocycles. The van der Waals surface area contributed by atoms with Crippen molar-refractivity contribution in [1.29, 1.82) is 0 Å². The monoisotopic (exact) mass is 374 g/mol. The van der Waals surface area contributed by atoms with Gasteiger partial charge in [0.05, 0.1) is 6.04 Å². The molecule has 1 aliphatic heterocycles. The molecule has 3 heteroatoms. The van der Waals surface area contributed by atoms with Gasteiger partial charge in [0.15, 0.2) is 0 Å². The van der Waals surface area contributed by atoms with E-state index in [1.54, 1.807) is 0 Å². The zero-order valence-electron chi connectivity index (χ0n) is 15.3. The third kappa shape index (κ3) is 3.11. The van der Waals surface area contributed by atoms with Gasteiger partial charge in [-0.25, -0.2) is 0 Å². The van der Waals surface area contributed by atoms with Crippen molar-refractivity contribution < 1.29 is 0 Å². The first-order valence-corrected chi connectivity index (χ1v) is 9.64. The van der Waals surface area contributed by atoms with Gasteiger partial charge in [-0.1, -0.05) is 72.8 Å². The molecule has 0 bridgehead atoms. The van der Waals surface area contributed by atoms with E-state index in [0.29, 0.717) is 12.0 Å². The number of benzene rings is 1. The Morgan fingerprint density at radius 3 is 2.85 bits per heavy atom. The van der Waals surface area contributed by atoms with E-state index in [2.05, 4.69) is 77.8 Å². The van der Waals surface area contributed by atoms with Crippen LogP contribution in [0.1, 0.15) is 18.4 Å². The first-order valence-electron chi connectivity index (χ1n) is 9.26. The summed E-state index contributed by atoms with van der Waals surface area (Å²) in [7, 11) is 0. The third-order valence-corrected chi connectivity index (χ3v) is 5.69. The summed E-state index contributed by atoms with van der Waals surface area (Å²) in [5.74, 6) is 0.333. The molecule has 1 aromatic carbocycles. The van der Waals surface area contributed by atoms with Gasteiger partial charge < -0.3 is 10.3 Å². The van der Waals surface area contributed by atoms with Gasteiger partial charge in [0.1, 0.15) is 0 Å². The predicted octanol–water partition coefficient (Wildman–Crippen LogP) is 6.10. The molecule has 1 aromatic heterocycles. The maximum atomic E-state index is 6.70. The molecule has 2 heterocycles. The van der Waals surface area contributed by atoms with Gasteiger partial charge in [0, 0.05) is 34.0 Å². The lowest BCUT2D eigenvalue weighted by atomic mass is 9.77. The van der Waals surface area contributed by atoms with Crippen molar-refractivity contribution >= 4 is 22.5 Å². The summed E-state index contributed by atoms with van der Waals surface area (Å²) in [5, 5.41) is 5.46. The van der Waals surface area contributed by atoms with Crippen LogP contribution in [0, 0.1) is 5.92 Å². The summed E-state index contributed by atoms with van der Waals surface area (Å²) in [4.78, 5) is 3.42. The van der Waals surface area contributed by atoms with E-state index in [0.717, 1.165) is 16.1 Å². The second kappa shape index (κ2) is 7.50. The summed E-state index contributed by atoms with van der Waals surface area (Å²) in [6.45, 7) is 6.06. The molecule has 0 saturated carbocycles. The Morgan fingerprint density at radius 1 is 1.22 bits per heavy atom. The standard InChI is InChI=1S/C24H23ClN2/c1-3-9-21(25)16(4-2)24(19-14-26-22-12-7-5-10-17(19)22)20-15-27-23-13-8-6-11-18(20)23/h3-15,17,22,24,26-27H,2H2,1H3/b9-3-,21-16-. The Kier molecular flexibility index (Phi) is 4.91. The normalized spacial score (nSPS) is 23.1. The zero-order valence-corrected chi connectivity index (χ0v) is 16.1. The number of halogens is 1. The van der Waals surface area contributed by atoms with Crippen LogP contribution in [0.25, 0.3) is 10.9 Å². The first-order chi connectivity index (χ1) is 13.2. The number of para-hydroxylation sites is 1. The number of fused-ring (bicyclic) bond motifs is 2. The average molecular weight is 375 g/mol. The second-order valence-corrected chi connectivity index (χ2v) is 7.27. The quantitative estimate of drug-likeness (QED) is 0.607. The summed E-state index contributed by atoms with van der Waals surface area (Å²) in [6, 6.07) is 8.69. The van der Waals surface area contributed by atoms with Gasteiger partial charge in [0.25, 0.3) is 0 Å². The lowest BCUT2D eigenvalue weighted by molar-refractivity contribution is 0.614. The minimum atomic E-state index is 0.0287. The van der Waals surface area contributed by atoms with Crippen molar-refractivity contribution in [2.75, 3.05) is 0 Å². The number of H-pyrrole nitrogens is 1. The fraction of sp³-hybridized carbons (Fsp3) is 0.167. The highest BCUT2D eigenvalue weighted by Crippen LogP contribution is 2.45. The van der Waals surface area contributed by atoms with E-state index in [-0.39, 0.29) is 5.92 Å². The van der Waals surface area contributed by atoms with Crippen molar-refractivity contribution in [3.8, 4) is 0 Å². The van der Waals surface area contributed by atoms with Gasteiger partial charge in [-0.15, -0.1) is 0 Å². The van der Waals surface area contributed by atoms with Crippen LogP contribution in [0.15, 0.2) is 102 Å². The lowest BCUT2D eigenvalue weighted by Gasteiger charge is -2.26. The van der Waals surface area contributed by atoms with E-state index >= 15 is 0 Å². The second-order valence-electron chi connectivity index (χ2n) is 6.86. The molecule has 0 amide bonds. The van der Waals surface area contributed by atoms with E-state index in [9.17, 15) is 0 Å². The van der Waals surface area contributed by atoms with E-state index < -0.39 is 0 Å². The fourth-order valence-corrected chi connectivity index (χ4v) is 4.42. The zero-order chi connectivity index (χ0) is 18.8. The number of hydrogen-bond acceptors (Lipinski definition) is 1. The minimum absolute atomic E-state index is 0.0287. The van der Waals surface area contributed by atoms with Crippen LogP contribution in [-0.4, -0.2) is 11.0 Å². The molecule has 136 valence electrons. The molecule has 0 radical (unpaired) electrons. The van der Waals surface area contributed by atoms with Gasteiger partial charge >= 0.3 is 0 Å². The molecule has 2 aliphatic rings. The smallest absolute Gasteiger partial charge is 0.0543 e. The van der Waals surface area contributed by atoms with Crippen LogP contribution in [-0.2, 0) is 0 Å². The van der Waals surface area contributed by atoms with Gasteiger partial charge in [-0.3, -0.25) is 0 Å². The van der Waals surface area contributed by atoms with Crippen LogP contribution in [0.3, 0.4) is 0 Å². The predicted molar refractivity (Wildman–Crippen MR) is 116 cm³/mol. The average Bonchev–Trinajstić information content (AvgIpc) is 3.31. The highest BCUT2D eigenvalue weighted by Gasteiger charge is 2.35. The van der Waals surface area contributed by atoms with Crippen molar-refractivity contribution in [2.24, 2.45) is 5.92 Å². The van der Waals surface area contributed by atoms with Crippen molar-refractivity contribution in [1.82, 2.24) is 10.3 Å². The van der Waals surface area contributed by atoms with E-state index in [1.165, 1.54) is 16.5 Å². The summed E-state index contributed by atoms with van der Waals surface area (Å²) in [5.41, 5.74) is 4.68. The van der Waals surface area contributed by atoms with Gasteiger partial charge in [0.2, 0.25) is 0 Å². The summed E-state index contributed by atoms with van der Waals surface area (Å²) < 4.78 is 0. The number of hydrogen-bond donors (Lipinski definition) is 2. The molecule has 0 spiro atoms. The number of rotatable bonds is 5. The molecular formula is C24H23ClN2. The van der Waals surface area contributed by atoms with E-state index in [4.69, 9.17) is 11.6 Å². The molecule has 3 atom stereocenters. The Bertz CT molecular complexity index is 1020. The summed E-state index contributed by atoms with van der Waals surface area (Å²) >= 11 is 6.70. The molecule has 2 nitrogen and oxygen atoms in total. The Labute approximate surface area is 165 Å². The van der Waals surface area contributed by atoms with Crippen LogP contribution < -0.4 is 5.32 Å². The maximum Gasteiger partial charge on any atom is 0.0543 e. The third-order valence-electron chi connectivity index (χ3n) is 5.35. The SMILES string of the molecule is C=C/C(=C(Cl)\C=C/C)C(C1=CNC2C=CC=CC12)c1c[nH]c2ccccc12. The lowest BCUT2D eigenvalue weighted by Crippen LogP contribution is -2.26. The largest absolute Gasteiger partial charge is 0.384 e. The fourth-order valence-electron chi connectivity index (χ4n) is 4.10. The van der Waals surface area contributed by atoms with Crippen LogP contribution in [0.5, 0.6) is 0 Å². The van der Waals surface area contributed by atoms with Crippen molar-refractivity contribution in [2.45, 2.75) is 18.9 Å². The van der Waals surface area contributed by atoms with Gasteiger partial charge in [-0.2, -0.15) is 0 Å². The van der Waals surface area contributed by atoms with Crippen LogP contribution in [0.2, 0.25) is 0 Å². The Hall–Kier alpha value is -2.71. The summed E-state index contributed by atoms with van der Waals surface area (Å²) in [6.07, 6.45) is 18.8. The van der Waals surface area contributed by atoms with Crippen LogP contribution >= 0.6 is 11.6 Å². The molecule has 2 N–H and O–H groups in total. The molecule has 27 heavy (non-hydrogen) atoms. The Morgan fingerprint density at radius 2 is 2.04 bits per heavy atom. The maximum absolute atomic E-state index is 6.70. The number of aromatic amines is 1. The first kappa shape index (κ1) is 17.7. The number of aromatic nitrogens is 1. The highest BCUT2D eigenvalue weighted by atomic mass is 35.5. The number of allylic oxidation sites excluding steroid dienone is 7. The molecule has 0 fully saturated rings. The molecule has 3 unspecified atom stereocenters. The Balaban J connectivity index is 1.91. The highest BCUT2D eigenvalue weighted by molar-refractivity contribution is 6.31. The molecular weight excluding hydrogens is 352 g/mol. The topological polar surface area (TPSA) is 27.8 Å². The number of nitrogens with one attached hydrogen (secondary N) is 2. The van der Waals surface area contributed by atoms with Crippen molar-refractivity contribution in [3.05, 3.63) is 108 Å². The minimum Gasteiger partial charge on any atom is -0.384 e. The van der Waals surface area contributed by atoms with E-state index in [1.807, 2.05) is 25.2 Å². The molecule has 2 aromatic rings. The van der Waals surface area contributed by atoms with Crippen LogP contribution in [0.4, 0.5) is 0 Å².